The van der Waals surface area contributed by atoms with Crippen LogP contribution in [0, 0.1) is 11.3 Å². The van der Waals surface area contributed by atoms with Gasteiger partial charge in [0.15, 0.2) is 17.3 Å². The Hall–Kier alpha value is -2.76. The molecule has 2 aliphatic carbocycles. The van der Waals surface area contributed by atoms with Gasteiger partial charge in [0.2, 0.25) is 0 Å². The van der Waals surface area contributed by atoms with E-state index in [4.69, 9.17) is 23.7 Å². The highest BCUT2D eigenvalue weighted by Crippen LogP contribution is 2.65. The molecule has 0 unspecified atom stereocenters. The number of epoxide rings is 1. The predicted octanol–water partition coefficient (Wildman–Crippen LogP) is 2.45. The van der Waals surface area contributed by atoms with Gasteiger partial charge in [-0.1, -0.05) is 38.8 Å². The third-order valence-corrected chi connectivity index (χ3v) is 9.29. The molecule has 228 valence electrons. The number of hydrogen-bond acceptors (Lipinski definition) is 11. The molecule has 0 radical (unpaired) electrons. The monoisotopic (exact) mass is 578 g/mol. The van der Waals surface area contributed by atoms with Crippen LogP contribution in [-0.2, 0) is 42.9 Å². The average Bonchev–Trinajstić information content (AvgIpc) is 3.45. The third-order valence-electron chi connectivity index (χ3n) is 9.29. The maximum absolute atomic E-state index is 13.1. The second kappa shape index (κ2) is 10.8. The van der Waals surface area contributed by atoms with Crippen LogP contribution in [0.1, 0.15) is 80.6 Å². The van der Waals surface area contributed by atoms with E-state index in [2.05, 4.69) is 0 Å². The summed E-state index contributed by atoms with van der Waals surface area (Å²) in [5.41, 5.74) is -5.84. The Labute approximate surface area is 240 Å². The van der Waals surface area contributed by atoms with Crippen LogP contribution in [0.3, 0.4) is 0 Å². The summed E-state index contributed by atoms with van der Waals surface area (Å²) in [5, 5.41) is 22.9. The first-order valence-corrected chi connectivity index (χ1v) is 14.3. The summed E-state index contributed by atoms with van der Waals surface area (Å²) in [6.45, 7) is 10.8. The first-order chi connectivity index (χ1) is 19.0. The lowest BCUT2D eigenvalue weighted by atomic mass is 9.55. The highest BCUT2D eigenvalue weighted by molar-refractivity contribution is 5.89. The largest absolute Gasteiger partial charge is 0.461 e. The highest BCUT2D eigenvalue weighted by atomic mass is 16.7. The molecule has 41 heavy (non-hydrogen) atoms. The maximum Gasteiger partial charge on any atom is 0.342 e. The molecular formula is C30H42O11. The summed E-state index contributed by atoms with van der Waals surface area (Å²) in [4.78, 5) is 51.0. The second-order valence-electron chi connectivity index (χ2n) is 12.3. The number of carbonyl (C=O) groups is 4. The van der Waals surface area contributed by atoms with Crippen molar-refractivity contribution in [1.82, 2.24) is 0 Å². The topological polar surface area (TPSA) is 158 Å². The molecule has 4 aliphatic rings. The summed E-state index contributed by atoms with van der Waals surface area (Å²) >= 11 is 0. The fraction of sp³-hybridized carbons (Fsp3) is 0.733. The normalized spacial score (nSPS) is 44.2. The molecule has 0 aromatic carbocycles. The van der Waals surface area contributed by atoms with Crippen LogP contribution in [0.5, 0.6) is 0 Å². The molecule has 0 aromatic rings. The number of hydrogen-bond donors (Lipinski definition) is 2. The summed E-state index contributed by atoms with van der Waals surface area (Å²) in [6.07, 6.45) is 1.56. The minimum absolute atomic E-state index is 0.0104. The molecule has 11 nitrogen and oxygen atoms in total. The zero-order chi connectivity index (χ0) is 30.5. The fourth-order valence-corrected chi connectivity index (χ4v) is 6.97. The minimum Gasteiger partial charge on any atom is -0.461 e. The van der Waals surface area contributed by atoms with Gasteiger partial charge < -0.3 is 33.9 Å². The van der Waals surface area contributed by atoms with Gasteiger partial charge in [-0.25, -0.2) is 4.79 Å². The van der Waals surface area contributed by atoms with Gasteiger partial charge in [0, 0.05) is 38.0 Å². The number of aliphatic hydroxyl groups is 2. The van der Waals surface area contributed by atoms with Crippen LogP contribution in [0.25, 0.3) is 0 Å². The Morgan fingerprint density at radius 1 is 1.07 bits per heavy atom. The van der Waals surface area contributed by atoms with Gasteiger partial charge >= 0.3 is 23.9 Å². The minimum atomic E-state index is -1.95. The van der Waals surface area contributed by atoms with Crippen LogP contribution in [0.4, 0.5) is 0 Å². The highest BCUT2D eigenvalue weighted by Gasteiger charge is 2.87. The third kappa shape index (κ3) is 5.10. The number of ether oxygens (including phenoxy) is 5. The summed E-state index contributed by atoms with van der Waals surface area (Å²) in [5.74, 6) is -3.60. The van der Waals surface area contributed by atoms with Gasteiger partial charge in [-0.3, -0.25) is 14.4 Å². The first kappa shape index (κ1) is 31.2. The molecule has 4 rings (SSSR count). The van der Waals surface area contributed by atoms with Gasteiger partial charge in [0.1, 0.15) is 24.4 Å². The molecule has 2 saturated heterocycles. The van der Waals surface area contributed by atoms with Crippen molar-refractivity contribution in [2.45, 2.75) is 128 Å². The average molecular weight is 579 g/mol. The van der Waals surface area contributed by atoms with Crippen molar-refractivity contribution in [1.29, 1.82) is 0 Å². The fourth-order valence-electron chi connectivity index (χ4n) is 6.97. The molecule has 2 N–H and O–H groups in total. The summed E-state index contributed by atoms with van der Waals surface area (Å²) < 4.78 is 29.6. The van der Waals surface area contributed by atoms with E-state index in [1.165, 1.54) is 33.8 Å². The molecule has 2 aliphatic heterocycles. The molecule has 0 amide bonds. The van der Waals surface area contributed by atoms with Gasteiger partial charge in [0.05, 0.1) is 5.60 Å². The number of fused-ring (bicyclic) bond motifs is 1. The van der Waals surface area contributed by atoms with Crippen molar-refractivity contribution < 1.29 is 53.1 Å². The van der Waals surface area contributed by atoms with E-state index >= 15 is 0 Å². The van der Waals surface area contributed by atoms with Gasteiger partial charge in [0.25, 0.3) is 0 Å². The maximum atomic E-state index is 13.1. The van der Waals surface area contributed by atoms with E-state index in [-0.39, 0.29) is 12.8 Å². The quantitative estimate of drug-likeness (QED) is 0.150. The summed E-state index contributed by atoms with van der Waals surface area (Å²) in [6, 6.07) is 0. The van der Waals surface area contributed by atoms with E-state index in [0.29, 0.717) is 12.0 Å². The van der Waals surface area contributed by atoms with E-state index < -0.39 is 82.5 Å². The van der Waals surface area contributed by atoms with E-state index in [1.807, 2.05) is 6.92 Å². The molecule has 10 atom stereocenters. The van der Waals surface area contributed by atoms with Crippen LogP contribution < -0.4 is 0 Å². The van der Waals surface area contributed by atoms with E-state index in [0.717, 1.165) is 12.8 Å². The smallest absolute Gasteiger partial charge is 0.342 e. The molecule has 0 saturated carbocycles. The molecule has 11 heteroatoms. The number of unbranched alkanes of at least 4 members (excludes halogenated alkanes) is 2. The Morgan fingerprint density at radius 2 is 1.73 bits per heavy atom. The number of rotatable bonds is 7. The van der Waals surface area contributed by atoms with Gasteiger partial charge in [-0.05, 0) is 38.8 Å². The Bertz CT molecular complexity index is 1160. The molecule has 2 fully saturated rings. The van der Waals surface area contributed by atoms with Crippen LogP contribution >= 0.6 is 0 Å². The number of aliphatic hydroxyl groups excluding tert-OH is 1. The van der Waals surface area contributed by atoms with Crippen molar-refractivity contribution in [3.8, 4) is 0 Å². The zero-order valence-corrected chi connectivity index (χ0v) is 24.8. The predicted molar refractivity (Wildman–Crippen MR) is 143 cm³/mol. The van der Waals surface area contributed by atoms with E-state index in [1.54, 1.807) is 26.0 Å². The molecule has 0 aromatic heterocycles. The molecule has 1 spiro atoms. The summed E-state index contributed by atoms with van der Waals surface area (Å²) in [7, 11) is 0. The molecule has 0 bridgehead atoms. The Balaban J connectivity index is 1.93. The Kier molecular flexibility index (Phi) is 8.23. The number of carbonyl (C=O) groups excluding carboxylic acids is 4. The molecule has 2 heterocycles. The van der Waals surface area contributed by atoms with Crippen LogP contribution in [0.2, 0.25) is 0 Å². The van der Waals surface area contributed by atoms with Crippen molar-refractivity contribution in [3.05, 3.63) is 23.8 Å². The first-order valence-electron chi connectivity index (χ1n) is 14.3. The lowest BCUT2D eigenvalue weighted by Crippen LogP contribution is -2.67. The van der Waals surface area contributed by atoms with E-state index in [9.17, 15) is 29.4 Å². The van der Waals surface area contributed by atoms with Crippen LogP contribution in [-0.4, -0.2) is 81.4 Å². The van der Waals surface area contributed by atoms with Crippen molar-refractivity contribution in [2.24, 2.45) is 11.3 Å². The zero-order valence-electron chi connectivity index (χ0n) is 24.8. The standard InChI is InChI=1S/C30H42O11/c1-8-9-10-11-23(34)39-19-15-21(37-17(3)31)27(5)13-12-20(33)28(6,36)24(27)25(38-18(4)32)30-22(14-16(19)2)40-26(35)29(30,7)41-30/h12-14,19-22,24-25,33,36H,8-11,15H2,1-7H3/b16-14-/t19-,20-,21+,22+,24-,25-,27-,28-,29+,30+/m1/s1. The molecular weight excluding hydrogens is 536 g/mol. The van der Waals surface area contributed by atoms with Crippen LogP contribution in [0.15, 0.2) is 23.8 Å². The van der Waals surface area contributed by atoms with Gasteiger partial charge in [-0.2, -0.15) is 0 Å². The lowest BCUT2D eigenvalue weighted by Gasteiger charge is -2.54. The lowest BCUT2D eigenvalue weighted by molar-refractivity contribution is -0.215. The van der Waals surface area contributed by atoms with Gasteiger partial charge in [-0.15, -0.1) is 0 Å². The van der Waals surface area contributed by atoms with Crippen molar-refractivity contribution in [2.75, 3.05) is 0 Å². The second-order valence-corrected chi connectivity index (χ2v) is 12.3. The SMILES string of the molecule is CCCCCC(=O)O[C@@H]1C[C@H](OC(C)=O)[C@@]2(C)C=C[C@@H](O)[C@@](C)(O)[C@@H]2[C@@H](OC(C)=O)[C@]23O[C@@]2(C)C(=O)O[C@H]3/C=C\1C. The Morgan fingerprint density at radius 3 is 2.32 bits per heavy atom. The number of esters is 4. The van der Waals surface area contributed by atoms with Crippen molar-refractivity contribution >= 4 is 23.9 Å². The van der Waals surface area contributed by atoms with Crippen molar-refractivity contribution in [3.63, 3.8) is 0 Å².